The van der Waals surface area contributed by atoms with Crippen LogP contribution in [0.2, 0.25) is 0 Å². The van der Waals surface area contributed by atoms with Crippen molar-refractivity contribution in [3.05, 3.63) is 130 Å². The van der Waals surface area contributed by atoms with Gasteiger partial charge >= 0.3 is 5.97 Å². The minimum absolute atomic E-state index is 0.0326. The Bertz CT molecular complexity index is 1860. The molecule has 2 heterocycles. The van der Waals surface area contributed by atoms with Gasteiger partial charge in [-0.05, 0) is 61.2 Å². The largest absolute Gasteiger partial charge is 0.488 e. The van der Waals surface area contributed by atoms with Crippen molar-refractivity contribution in [3.63, 3.8) is 0 Å². The smallest absolute Gasteiger partial charge is 0.338 e. The summed E-state index contributed by atoms with van der Waals surface area (Å²) in [7, 11) is 0. The summed E-state index contributed by atoms with van der Waals surface area (Å²) >= 11 is 4.74. The fraction of sp³-hybridized carbons (Fsp3) is 0.242. The van der Waals surface area contributed by atoms with Gasteiger partial charge in [0.25, 0.3) is 5.56 Å². The molecular weight excluding hydrogens is 619 g/mol. The Morgan fingerprint density at radius 2 is 1.88 bits per heavy atom. The van der Waals surface area contributed by atoms with Crippen molar-refractivity contribution >= 4 is 39.3 Å². The van der Waals surface area contributed by atoms with Crippen LogP contribution in [0.25, 0.3) is 6.08 Å². The molecule has 0 spiro atoms. The fourth-order valence-corrected chi connectivity index (χ4v) is 6.26. The predicted octanol–water partition coefficient (Wildman–Crippen LogP) is 6.40. The Hall–Kier alpha value is -3.82. The highest BCUT2D eigenvalue weighted by Crippen LogP contribution is 2.32. The number of carbonyl (C=O) groups is 1. The lowest BCUT2D eigenvalue weighted by atomic mass is 9.93. The number of nitrogens with zero attached hydrogens (tertiary/aromatic N) is 2. The molecule has 0 radical (unpaired) electrons. The molecule has 0 saturated heterocycles. The van der Waals surface area contributed by atoms with E-state index in [0.717, 1.165) is 15.6 Å². The fourth-order valence-electron chi connectivity index (χ4n) is 4.85. The van der Waals surface area contributed by atoms with Crippen LogP contribution in [0.4, 0.5) is 4.39 Å². The summed E-state index contributed by atoms with van der Waals surface area (Å²) < 4.78 is 28.4. The molecule has 5 rings (SSSR count). The van der Waals surface area contributed by atoms with E-state index in [1.54, 1.807) is 48.8 Å². The first kappa shape index (κ1) is 29.7. The first-order valence-electron chi connectivity index (χ1n) is 13.6. The highest BCUT2D eigenvalue weighted by Gasteiger charge is 2.33. The SMILES string of the molecule is CCOC(=O)C1=C(C)N=c2sc(=Cc3cc(Br)ccc3OCc3ccccc3F)c(=O)n2C1c1ccc(C(C)C)cc1. The summed E-state index contributed by atoms with van der Waals surface area (Å²) in [5, 5.41) is 0. The van der Waals surface area contributed by atoms with Crippen LogP contribution in [0.15, 0.2) is 92.3 Å². The predicted molar refractivity (Wildman–Crippen MR) is 166 cm³/mol. The molecule has 1 aromatic heterocycles. The third kappa shape index (κ3) is 6.03. The van der Waals surface area contributed by atoms with Gasteiger partial charge in [-0.3, -0.25) is 9.36 Å². The molecule has 9 heteroatoms. The lowest BCUT2D eigenvalue weighted by molar-refractivity contribution is -0.139. The topological polar surface area (TPSA) is 69.9 Å². The number of hydrogen-bond donors (Lipinski definition) is 0. The highest BCUT2D eigenvalue weighted by atomic mass is 79.9. The van der Waals surface area contributed by atoms with Crippen molar-refractivity contribution in [2.45, 2.75) is 46.3 Å². The Labute approximate surface area is 255 Å². The van der Waals surface area contributed by atoms with Crippen molar-refractivity contribution in [3.8, 4) is 5.75 Å². The summed E-state index contributed by atoms with van der Waals surface area (Å²) in [6.07, 6.45) is 1.74. The van der Waals surface area contributed by atoms with Gasteiger partial charge in [0.05, 0.1) is 28.5 Å². The molecule has 1 aliphatic rings. The van der Waals surface area contributed by atoms with Crippen LogP contribution in [-0.2, 0) is 16.1 Å². The van der Waals surface area contributed by atoms with Crippen molar-refractivity contribution < 1.29 is 18.7 Å². The van der Waals surface area contributed by atoms with Crippen LogP contribution >= 0.6 is 27.3 Å². The molecule has 3 aromatic carbocycles. The van der Waals surface area contributed by atoms with E-state index < -0.39 is 12.0 Å². The van der Waals surface area contributed by atoms with Crippen LogP contribution in [0.3, 0.4) is 0 Å². The third-order valence-corrected chi connectivity index (χ3v) is 8.51. The number of benzene rings is 3. The molecule has 6 nitrogen and oxygen atoms in total. The average molecular weight is 650 g/mol. The number of ether oxygens (including phenoxy) is 2. The molecular formula is C33H30BrFN2O4S. The van der Waals surface area contributed by atoms with Crippen molar-refractivity contribution in [1.29, 1.82) is 0 Å². The first-order chi connectivity index (χ1) is 20.2. The molecule has 1 unspecified atom stereocenters. The van der Waals surface area contributed by atoms with E-state index >= 15 is 0 Å². The number of hydrogen-bond acceptors (Lipinski definition) is 6. The number of aromatic nitrogens is 1. The highest BCUT2D eigenvalue weighted by molar-refractivity contribution is 9.10. The summed E-state index contributed by atoms with van der Waals surface area (Å²) in [6.45, 7) is 7.98. The van der Waals surface area contributed by atoms with Gasteiger partial charge in [-0.1, -0.05) is 83.6 Å². The Balaban J connectivity index is 1.62. The maximum atomic E-state index is 14.2. The number of rotatable bonds is 8. The van der Waals surface area contributed by atoms with Crippen LogP contribution < -0.4 is 19.6 Å². The van der Waals surface area contributed by atoms with Crippen molar-refractivity contribution in [1.82, 2.24) is 4.57 Å². The van der Waals surface area contributed by atoms with Crippen LogP contribution in [0.1, 0.15) is 61.9 Å². The molecule has 42 heavy (non-hydrogen) atoms. The normalized spacial score (nSPS) is 15.0. The first-order valence-corrected chi connectivity index (χ1v) is 15.2. The molecule has 0 amide bonds. The van der Waals surface area contributed by atoms with E-state index in [-0.39, 0.29) is 24.6 Å². The molecule has 1 atom stereocenters. The van der Waals surface area contributed by atoms with E-state index in [1.807, 2.05) is 36.4 Å². The third-order valence-electron chi connectivity index (χ3n) is 7.04. The van der Waals surface area contributed by atoms with Crippen molar-refractivity contribution in [2.24, 2.45) is 4.99 Å². The molecule has 4 aromatic rings. The molecule has 0 bridgehead atoms. The van der Waals surface area contributed by atoms with Crippen LogP contribution in [0.5, 0.6) is 5.75 Å². The zero-order valence-corrected chi connectivity index (χ0v) is 26.1. The monoisotopic (exact) mass is 648 g/mol. The average Bonchev–Trinajstić information content (AvgIpc) is 3.26. The second-order valence-corrected chi connectivity index (χ2v) is 12.1. The summed E-state index contributed by atoms with van der Waals surface area (Å²) in [5.74, 6) is -0.0141. The minimum atomic E-state index is -0.692. The molecule has 1 aliphatic heterocycles. The van der Waals surface area contributed by atoms with Crippen LogP contribution in [-0.4, -0.2) is 17.1 Å². The number of esters is 1. The standard InChI is InChI=1S/C33H30BrFN2O4S/c1-5-40-32(39)29-20(4)36-33-37(30(29)22-12-10-21(11-13-22)19(2)3)31(38)28(42-33)17-24-16-25(34)14-15-27(24)41-18-23-8-6-7-9-26(23)35/h6-17,19,30H,5,18H2,1-4H3. The van der Waals surface area contributed by atoms with Gasteiger partial charge in [-0.25, -0.2) is 14.2 Å². The quantitative estimate of drug-likeness (QED) is 0.207. The molecule has 0 aliphatic carbocycles. The van der Waals surface area contributed by atoms with Crippen molar-refractivity contribution in [2.75, 3.05) is 6.61 Å². The van der Waals surface area contributed by atoms with E-state index in [1.165, 1.54) is 17.4 Å². The maximum absolute atomic E-state index is 14.2. The van der Waals surface area contributed by atoms with E-state index in [2.05, 4.69) is 34.8 Å². The minimum Gasteiger partial charge on any atom is -0.488 e. The van der Waals surface area contributed by atoms with Gasteiger partial charge in [0.2, 0.25) is 0 Å². The number of halogens is 2. The van der Waals surface area contributed by atoms with Gasteiger partial charge in [0.1, 0.15) is 18.2 Å². The zero-order chi connectivity index (χ0) is 30.0. The van der Waals surface area contributed by atoms with Gasteiger partial charge in [-0.2, -0.15) is 0 Å². The zero-order valence-electron chi connectivity index (χ0n) is 23.7. The number of allylic oxidation sites excluding steroid dienone is 1. The molecule has 0 N–H and O–H groups in total. The van der Waals surface area contributed by atoms with Crippen LogP contribution in [0, 0.1) is 5.82 Å². The number of thiazole rings is 1. The summed E-state index contributed by atoms with van der Waals surface area (Å²) in [4.78, 5) is 32.4. The lowest BCUT2D eigenvalue weighted by Crippen LogP contribution is -2.39. The summed E-state index contributed by atoms with van der Waals surface area (Å²) in [5.41, 5.74) is 3.58. The second-order valence-electron chi connectivity index (χ2n) is 10.2. The molecule has 216 valence electrons. The molecule has 0 saturated carbocycles. The Morgan fingerprint density at radius 1 is 1.14 bits per heavy atom. The lowest BCUT2D eigenvalue weighted by Gasteiger charge is -2.25. The van der Waals surface area contributed by atoms with E-state index in [9.17, 15) is 14.0 Å². The van der Waals surface area contributed by atoms with E-state index in [4.69, 9.17) is 9.47 Å². The molecule has 0 fully saturated rings. The summed E-state index contributed by atoms with van der Waals surface area (Å²) in [6, 6.07) is 19.1. The van der Waals surface area contributed by atoms with E-state index in [0.29, 0.717) is 43.4 Å². The maximum Gasteiger partial charge on any atom is 0.338 e. The van der Waals surface area contributed by atoms with Gasteiger partial charge in [0, 0.05) is 15.6 Å². The number of fused-ring (bicyclic) bond motifs is 1. The van der Waals surface area contributed by atoms with Gasteiger partial charge in [-0.15, -0.1) is 0 Å². The Morgan fingerprint density at radius 3 is 2.57 bits per heavy atom. The second kappa shape index (κ2) is 12.6. The van der Waals surface area contributed by atoms with Gasteiger partial charge < -0.3 is 9.47 Å². The van der Waals surface area contributed by atoms with Gasteiger partial charge in [0.15, 0.2) is 4.80 Å². The Kier molecular flexibility index (Phi) is 8.89. The number of carbonyl (C=O) groups excluding carboxylic acids is 1.